The van der Waals surface area contributed by atoms with Crippen LogP contribution in [0.4, 0.5) is 8.78 Å². The van der Waals surface area contributed by atoms with Gasteiger partial charge in [-0.3, -0.25) is 0 Å². The van der Waals surface area contributed by atoms with Gasteiger partial charge in [-0.25, -0.2) is 8.78 Å². The summed E-state index contributed by atoms with van der Waals surface area (Å²) in [5.74, 6) is 2.22. The Labute approximate surface area is 138 Å². The largest absolute Gasteiger partial charge is 0.376 e. The molecule has 0 spiro atoms. The molecule has 122 valence electrons. The molecule has 0 fully saturated rings. The van der Waals surface area contributed by atoms with Gasteiger partial charge in [0, 0.05) is 25.9 Å². The summed E-state index contributed by atoms with van der Waals surface area (Å²) >= 11 is 0. The molecule has 0 N–H and O–H groups in total. The van der Waals surface area contributed by atoms with Gasteiger partial charge in [0.25, 0.3) is 0 Å². The highest BCUT2D eigenvalue weighted by Gasteiger charge is 2.22. The lowest BCUT2D eigenvalue weighted by Gasteiger charge is -2.26. The fourth-order valence-electron chi connectivity index (χ4n) is 2.57. The monoisotopic (exact) mass is 331 g/mol. The SMILES string of the molecule is CN1C=CC=C(C(CC#C[Si](C)(C)C)c2cc(F)ccc2F)C1. The lowest BCUT2D eigenvalue weighted by Crippen LogP contribution is -2.21. The summed E-state index contributed by atoms with van der Waals surface area (Å²) in [5.41, 5.74) is 4.77. The molecule has 1 atom stereocenters. The Hall–Kier alpha value is -1.86. The molecular weight excluding hydrogens is 308 g/mol. The second kappa shape index (κ2) is 7.14. The minimum atomic E-state index is -1.49. The molecule has 1 aromatic rings. The van der Waals surface area contributed by atoms with E-state index in [1.807, 2.05) is 30.3 Å². The molecule has 1 heterocycles. The van der Waals surface area contributed by atoms with E-state index in [2.05, 4.69) is 31.1 Å². The summed E-state index contributed by atoms with van der Waals surface area (Å²) < 4.78 is 27.9. The van der Waals surface area contributed by atoms with Crippen LogP contribution in [-0.2, 0) is 0 Å². The van der Waals surface area contributed by atoms with Crippen molar-refractivity contribution < 1.29 is 8.78 Å². The minimum Gasteiger partial charge on any atom is -0.376 e. The first-order valence-corrected chi connectivity index (χ1v) is 11.3. The van der Waals surface area contributed by atoms with E-state index in [-0.39, 0.29) is 11.7 Å². The van der Waals surface area contributed by atoms with E-state index >= 15 is 0 Å². The summed E-state index contributed by atoms with van der Waals surface area (Å²) in [7, 11) is 0.483. The Bertz CT molecular complexity index is 690. The van der Waals surface area contributed by atoms with Crippen molar-refractivity contribution in [3.05, 3.63) is 59.3 Å². The quantitative estimate of drug-likeness (QED) is 0.573. The Morgan fingerprint density at radius 1 is 1.26 bits per heavy atom. The van der Waals surface area contributed by atoms with Crippen LogP contribution in [0.15, 0.2) is 42.1 Å². The zero-order valence-corrected chi connectivity index (χ0v) is 15.2. The molecule has 1 unspecified atom stereocenters. The smallest absolute Gasteiger partial charge is 0.129 e. The van der Waals surface area contributed by atoms with Crippen LogP contribution in [0.5, 0.6) is 0 Å². The van der Waals surface area contributed by atoms with E-state index in [0.717, 1.165) is 11.6 Å². The average molecular weight is 331 g/mol. The molecule has 23 heavy (non-hydrogen) atoms. The third-order valence-electron chi connectivity index (χ3n) is 3.63. The van der Waals surface area contributed by atoms with Crippen LogP contribution in [-0.4, -0.2) is 26.6 Å². The fourth-order valence-corrected chi connectivity index (χ4v) is 3.21. The van der Waals surface area contributed by atoms with Gasteiger partial charge < -0.3 is 4.90 Å². The Morgan fingerprint density at radius 2 is 2.00 bits per heavy atom. The van der Waals surface area contributed by atoms with Crippen molar-refractivity contribution in [2.75, 3.05) is 13.6 Å². The van der Waals surface area contributed by atoms with E-state index in [4.69, 9.17) is 0 Å². The van der Waals surface area contributed by atoms with Crippen LogP contribution >= 0.6 is 0 Å². The first-order valence-electron chi connectivity index (χ1n) is 7.79. The van der Waals surface area contributed by atoms with Gasteiger partial charge >= 0.3 is 0 Å². The summed E-state index contributed by atoms with van der Waals surface area (Å²) in [6, 6.07) is 3.66. The maximum absolute atomic E-state index is 14.3. The number of benzene rings is 1. The lowest BCUT2D eigenvalue weighted by atomic mass is 9.86. The number of allylic oxidation sites excluding steroid dienone is 2. The topological polar surface area (TPSA) is 3.24 Å². The van der Waals surface area contributed by atoms with Crippen LogP contribution in [0, 0.1) is 23.1 Å². The maximum Gasteiger partial charge on any atom is 0.129 e. The predicted molar refractivity (Wildman–Crippen MR) is 94.7 cm³/mol. The highest BCUT2D eigenvalue weighted by molar-refractivity contribution is 6.83. The first kappa shape index (κ1) is 17.5. The minimum absolute atomic E-state index is 0.220. The van der Waals surface area contributed by atoms with Crippen molar-refractivity contribution in [1.29, 1.82) is 0 Å². The third-order valence-corrected chi connectivity index (χ3v) is 4.56. The molecule has 1 aliphatic heterocycles. The van der Waals surface area contributed by atoms with Crippen LogP contribution in [0.3, 0.4) is 0 Å². The Balaban J connectivity index is 2.38. The molecule has 0 bridgehead atoms. The van der Waals surface area contributed by atoms with Gasteiger partial charge in [0.2, 0.25) is 0 Å². The molecule has 0 amide bonds. The van der Waals surface area contributed by atoms with Crippen LogP contribution in [0.1, 0.15) is 17.9 Å². The molecule has 2 rings (SSSR count). The molecule has 0 radical (unpaired) electrons. The summed E-state index contributed by atoms with van der Waals surface area (Å²) in [6.07, 6.45) is 6.41. The van der Waals surface area contributed by atoms with Crippen molar-refractivity contribution in [1.82, 2.24) is 4.90 Å². The Morgan fingerprint density at radius 3 is 2.65 bits per heavy atom. The summed E-state index contributed by atoms with van der Waals surface area (Å²) in [6.45, 7) is 7.22. The number of nitrogens with zero attached hydrogens (tertiary/aromatic N) is 1. The molecule has 4 heteroatoms. The first-order chi connectivity index (χ1) is 10.8. The molecule has 0 saturated heterocycles. The number of rotatable bonds is 3. The second-order valence-electron chi connectivity index (χ2n) is 6.97. The van der Waals surface area contributed by atoms with Crippen molar-refractivity contribution in [3.8, 4) is 11.5 Å². The van der Waals surface area contributed by atoms with Crippen LogP contribution < -0.4 is 0 Å². The second-order valence-corrected chi connectivity index (χ2v) is 11.7. The predicted octanol–water partition coefficient (Wildman–Crippen LogP) is 4.70. The number of hydrogen-bond acceptors (Lipinski definition) is 1. The van der Waals surface area contributed by atoms with Crippen molar-refractivity contribution in [2.24, 2.45) is 0 Å². The van der Waals surface area contributed by atoms with Crippen molar-refractivity contribution >= 4 is 8.07 Å². The summed E-state index contributed by atoms with van der Waals surface area (Å²) in [4.78, 5) is 2.03. The van der Waals surface area contributed by atoms with E-state index in [0.29, 0.717) is 18.5 Å². The molecule has 0 aromatic heterocycles. The zero-order valence-electron chi connectivity index (χ0n) is 14.2. The van der Waals surface area contributed by atoms with Crippen LogP contribution in [0.2, 0.25) is 19.6 Å². The molecule has 1 aromatic carbocycles. The highest BCUT2D eigenvalue weighted by atomic mass is 28.3. The van der Waals surface area contributed by atoms with Gasteiger partial charge in [0.1, 0.15) is 19.7 Å². The average Bonchev–Trinajstić information content (AvgIpc) is 2.45. The number of hydrogen-bond donors (Lipinski definition) is 0. The maximum atomic E-state index is 14.3. The fraction of sp³-hybridized carbons (Fsp3) is 0.368. The number of halogens is 2. The van der Waals surface area contributed by atoms with Gasteiger partial charge in [-0.2, -0.15) is 0 Å². The molecule has 0 saturated carbocycles. The van der Waals surface area contributed by atoms with E-state index in [9.17, 15) is 8.78 Å². The molecule has 1 aliphatic rings. The van der Waals surface area contributed by atoms with Gasteiger partial charge in [-0.1, -0.05) is 25.7 Å². The van der Waals surface area contributed by atoms with E-state index in [1.54, 1.807) is 0 Å². The van der Waals surface area contributed by atoms with E-state index < -0.39 is 13.9 Å². The van der Waals surface area contributed by atoms with E-state index in [1.165, 1.54) is 12.1 Å². The Kier molecular flexibility index (Phi) is 5.43. The van der Waals surface area contributed by atoms with Crippen molar-refractivity contribution in [2.45, 2.75) is 32.0 Å². The highest BCUT2D eigenvalue weighted by Crippen LogP contribution is 2.32. The molecule has 1 nitrogen and oxygen atoms in total. The van der Waals surface area contributed by atoms with Gasteiger partial charge in [-0.15, -0.1) is 11.5 Å². The van der Waals surface area contributed by atoms with Gasteiger partial charge in [0.15, 0.2) is 0 Å². The lowest BCUT2D eigenvalue weighted by molar-refractivity contribution is 0.470. The molecule has 0 aliphatic carbocycles. The zero-order chi connectivity index (χ0) is 17.0. The number of likely N-dealkylation sites (N-methyl/N-ethyl adjacent to an activating group) is 1. The summed E-state index contributed by atoms with van der Waals surface area (Å²) in [5, 5.41) is 0. The standard InChI is InChI=1S/C19H23F2NSi/c1-22-11-5-7-15(14-22)17(8-6-12-23(2,3)4)18-13-16(20)9-10-19(18)21/h5,7,9-11,13,17H,8,14H2,1-4H3. The van der Waals surface area contributed by atoms with Gasteiger partial charge in [-0.05, 0) is 41.6 Å². The third kappa shape index (κ3) is 5.07. The normalized spacial score (nSPS) is 15.7. The molecular formula is C19H23F2NSi. The van der Waals surface area contributed by atoms with Crippen molar-refractivity contribution in [3.63, 3.8) is 0 Å². The van der Waals surface area contributed by atoms with Crippen LogP contribution in [0.25, 0.3) is 0 Å². The van der Waals surface area contributed by atoms with Gasteiger partial charge in [0.05, 0.1) is 0 Å².